The summed E-state index contributed by atoms with van der Waals surface area (Å²) in [5.74, 6) is 0. The van der Waals surface area contributed by atoms with Crippen molar-refractivity contribution >= 4 is 21.6 Å². The van der Waals surface area contributed by atoms with Crippen LogP contribution in [-0.2, 0) is 6.54 Å². The summed E-state index contributed by atoms with van der Waals surface area (Å²) >= 11 is 3.58. The Hall–Kier alpha value is -0.540. The Bertz CT molecular complexity index is 403. The molecule has 1 heterocycles. The number of nitrogens with one attached hydrogen (secondary N) is 1. The lowest BCUT2D eigenvalue weighted by atomic mass is 10.1. The van der Waals surface area contributed by atoms with Crippen molar-refractivity contribution < 1.29 is 0 Å². The third-order valence-electron chi connectivity index (χ3n) is 3.30. The molecule has 0 atom stereocenters. The fourth-order valence-corrected chi connectivity index (χ4v) is 2.73. The highest BCUT2D eigenvalue weighted by Gasteiger charge is 2.17. The predicted octanol–water partition coefficient (Wildman–Crippen LogP) is 3.94. The standard InChI is InChI=1S/C15H23BrN2/c1-15(2,3)17-11-12-10-13(16)6-7-14(12)18-8-4-5-9-18/h6-7,10,17H,4-5,8-9,11H2,1-3H3. The van der Waals surface area contributed by atoms with Gasteiger partial charge in [-0.15, -0.1) is 0 Å². The van der Waals surface area contributed by atoms with Crippen LogP contribution in [0.3, 0.4) is 0 Å². The van der Waals surface area contributed by atoms with E-state index in [-0.39, 0.29) is 5.54 Å². The molecule has 2 nitrogen and oxygen atoms in total. The van der Waals surface area contributed by atoms with Gasteiger partial charge >= 0.3 is 0 Å². The lowest BCUT2D eigenvalue weighted by molar-refractivity contribution is 0.424. The van der Waals surface area contributed by atoms with E-state index in [1.807, 2.05) is 0 Å². The minimum Gasteiger partial charge on any atom is -0.371 e. The Kier molecular flexibility index (Phi) is 4.33. The summed E-state index contributed by atoms with van der Waals surface area (Å²) < 4.78 is 1.16. The van der Waals surface area contributed by atoms with Gasteiger partial charge in [-0.05, 0) is 57.4 Å². The van der Waals surface area contributed by atoms with Crippen LogP contribution < -0.4 is 10.2 Å². The fraction of sp³-hybridized carbons (Fsp3) is 0.600. The van der Waals surface area contributed by atoms with Crippen LogP contribution in [0.1, 0.15) is 39.2 Å². The normalized spacial score (nSPS) is 16.3. The van der Waals surface area contributed by atoms with Gasteiger partial charge in [0.1, 0.15) is 0 Å². The summed E-state index contributed by atoms with van der Waals surface area (Å²) in [6.07, 6.45) is 2.64. The van der Waals surface area contributed by atoms with Crippen LogP contribution in [0, 0.1) is 0 Å². The Labute approximate surface area is 119 Å². The second-order valence-corrected chi connectivity index (χ2v) is 6.99. The highest BCUT2D eigenvalue weighted by Crippen LogP contribution is 2.27. The molecule has 0 radical (unpaired) electrons. The molecule has 1 fully saturated rings. The Morgan fingerprint density at radius 1 is 1.22 bits per heavy atom. The zero-order valence-corrected chi connectivity index (χ0v) is 13.2. The molecular formula is C15H23BrN2. The van der Waals surface area contributed by atoms with Crippen LogP contribution in [0.5, 0.6) is 0 Å². The van der Waals surface area contributed by atoms with Crippen molar-refractivity contribution in [2.45, 2.75) is 45.7 Å². The molecule has 1 N–H and O–H groups in total. The van der Waals surface area contributed by atoms with Crippen molar-refractivity contribution in [2.24, 2.45) is 0 Å². The van der Waals surface area contributed by atoms with Crippen molar-refractivity contribution in [1.29, 1.82) is 0 Å². The zero-order chi connectivity index (χ0) is 13.2. The number of anilines is 1. The lowest BCUT2D eigenvalue weighted by Crippen LogP contribution is -2.35. The van der Waals surface area contributed by atoms with Gasteiger partial charge in [0.05, 0.1) is 0 Å². The molecule has 2 rings (SSSR count). The number of halogens is 1. The molecule has 0 unspecified atom stereocenters. The van der Waals surface area contributed by atoms with Gasteiger partial charge in [-0.3, -0.25) is 0 Å². The lowest BCUT2D eigenvalue weighted by Gasteiger charge is -2.25. The number of rotatable bonds is 3. The Balaban J connectivity index is 2.17. The monoisotopic (exact) mass is 310 g/mol. The Morgan fingerprint density at radius 3 is 2.50 bits per heavy atom. The maximum atomic E-state index is 3.58. The first-order valence-electron chi connectivity index (χ1n) is 6.74. The van der Waals surface area contributed by atoms with Crippen molar-refractivity contribution in [2.75, 3.05) is 18.0 Å². The summed E-state index contributed by atoms with van der Waals surface area (Å²) in [4.78, 5) is 2.51. The van der Waals surface area contributed by atoms with Crippen molar-refractivity contribution in [3.8, 4) is 0 Å². The van der Waals surface area contributed by atoms with Crippen LogP contribution in [0.15, 0.2) is 22.7 Å². The van der Waals surface area contributed by atoms with E-state index in [0.29, 0.717) is 0 Å². The molecule has 1 aromatic carbocycles. The molecule has 1 aliphatic rings. The minimum atomic E-state index is 0.157. The van der Waals surface area contributed by atoms with E-state index in [1.165, 1.54) is 37.2 Å². The first-order valence-corrected chi connectivity index (χ1v) is 7.53. The maximum Gasteiger partial charge on any atom is 0.0412 e. The average Bonchev–Trinajstić information content (AvgIpc) is 2.79. The third-order valence-corrected chi connectivity index (χ3v) is 3.79. The largest absolute Gasteiger partial charge is 0.371 e. The van der Waals surface area contributed by atoms with Crippen LogP contribution in [0.25, 0.3) is 0 Å². The van der Waals surface area contributed by atoms with Gasteiger partial charge in [0.15, 0.2) is 0 Å². The zero-order valence-electron chi connectivity index (χ0n) is 11.6. The molecule has 18 heavy (non-hydrogen) atoms. The highest BCUT2D eigenvalue weighted by atomic mass is 79.9. The molecule has 0 aliphatic carbocycles. The van der Waals surface area contributed by atoms with Gasteiger partial charge in [0.2, 0.25) is 0 Å². The van der Waals surface area contributed by atoms with Gasteiger partial charge in [0.25, 0.3) is 0 Å². The number of hydrogen-bond donors (Lipinski definition) is 1. The summed E-state index contributed by atoms with van der Waals surface area (Å²) in [6.45, 7) is 9.95. The van der Waals surface area contributed by atoms with E-state index >= 15 is 0 Å². The third kappa shape index (κ3) is 3.72. The van der Waals surface area contributed by atoms with Crippen LogP contribution in [-0.4, -0.2) is 18.6 Å². The highest BCUT2D eigenvalue weighted by molar-refractivity contribution is 9.10. The number of benzene rings is 1. The molecule has 1 aliphatic heterocycles. The quantitative estimate of drug-likeness (QED) is 0.909. The molecule has 100 valence electrons. The van der Waals surface area contributed by atoms with Crippen LogP contribution in [0.4, 0.5) is 5.69 Å². The number of nitrogens with zero attached hydrogens (tertiary/aromatic N) is 1. The molecule has 1 aromatic rings. The van der Waals surface area contributed by atoms with E-state index < -0.39 is 0 Å². The molecule has 0 amide bonds. The molecule has 0 aromatic heterocycles. The topological polar surface area (TPSA) is 15.3 Å². The van der Waals surface area contributed by atoms with E-state index in [4.69, 9.17) is 0 Å². The van der Waals surface area contributed by atoms with Gasteiger partial charge in [-0.2, -0.15) is 0 Å². The van der Waals surface area contributed by atoms with E-state index in [0.717, 1.165) is 11.0 Å². The van der Waals surface area contributed by atoms with Crippen LogP contribution in [0.2, 0.25) is 0 Å². The first kappa shape index (κ1) is 13.9. The molecule has 0 spiro atoms. The Morgan fingerprint density at radius 2 is 1.89 bits per heavy atom. The minimum absolute atomic E-state index is 0.157. The van der Waals surface area contributed by atoms with E-state index in [1.54, 1.807) is 0 Å². The fourth-order valence-electron chi connectivity index (χ4n) is 2.32. The summed E-state index contributed by atoms with van der Waals surface area (Å²) in [7, 11) is 0. The maximum absolute atomic E-state index is 3.58. The van der Waals surface area contributed by atoms with E-state index in [2.05, 4.69) is 65.1 Å². The van der Waals surface area contributed by atoms with Gasteiger partial charge < -0.3 is 10.2 Å². The summed E-state index contributed by atoms with van der Waals surface area (Å²) in [6, 6.07) is 6.63. The summed E-state index contributed by atoms with van der Waals surface area (Å²) in [5.41, 5.74) is 2.94. The second kappa shape index (κ2) is 5.62. The molecule has 1 saturated heterocycles. The molecular weight excluding hydrogens is 288 g/mol. The van der Waals surface area contributed by atoms with Crippen molar-refractivity contribution in [3.05, 3.63) is 28.2 Å². The van der Waals surface area contributed by atoms with E-state index in [9.17, 15) is 0 Å². The van der Waals surface area contributed by atoms with Crippen molar-refractivity contribution in [3.63, 3.8) is 0 Å². The van der Waals surface area contributed by atoms with Crippen molar-refractivity contribution in [1.82, 2.24) is 5.32 Å². The molecule has 0 saturated carbocycles. The average molecular weight is 311 g/mol. The second-order valence-electron chi connectivity index (χ2n) is 6.07. The predicted molar refractivity (Wildman–Crippen MR) is 82.2 cm³/mol. The van der Waals surface area contributed by atoms with Gasteiger partial charge in [-0.1, -0.05) is 15.9 Å². The molecule has 3 heteroatoms. The first-order chi connectivity index (χ1) is 8.46. The van der Waals surface area contributed by atoms with Crippen LogP contribution >= 0.6 is 15.9 Å². The smallest absolute Gasteiger partial charge is 0.0412 e. The SMILES string of the molecule is CC(C)(C)NCc1cc(Br)ccc1N1CCCC1. The molecule has 0 bridgehead atoms. The summed E-state index contributed by atoms with van der Waals surface area (Å²) in [5, 5.41) is 3.58. The van der Waals surface area contributed by atoms with Gasteiger partial charge in [0, 0.05) is 35.3 Å². The number of hydrogen-bond acceptors (Lipinski definition) is 2. The van der Waals surface area contributed by atoms with Gasteiger partial charge in [-0.25, -0.2) is 0 Å².